The van der Waals surface area contributed by atoms with Gasteiger partial charge in [0.25, 0.3) is 11.1 Å². The molecule has 0 saturated carbocycles. The maximum absolute atomic E-state index is 12.6. The van der Waals surface area contributed by atoms with Crippen molar-refractivity contribution in [3.05, 3.63) is 70.3 Å². The molecular formula is C24H22N4O4S2. The first-order valence-corrected chi connectivity index (χ1v) is 12.3. The van der Waals surface area contributed by atoms with Crippen molar-refractivity contribution in [2.24, 2.45) is 0 Å². The second kappa shape index (κ2) is 11.1. The van der Waals surface area contributed by atoms with Crippen LogP contribution in [0.3, 0.4) is 0 Å². The van der Waals surface area contributed by atoms with E-state index in [1.807, 2.05) is 36.6 Å². The Balaban J connectivity index is 1.29. The van der Waals surface area contributed by atoms with E-state index in [-0.39, 0.29) is 36.6 Å². The van der Waals surface area contributed by atoms with Crippen molar-refractivity contribution < 1.29 is 19.1 Å². The predicted molar refractivity (Wildman–Crippen MR) is 132 cm³/mol. The molecule has 1 aliphatic rings. The summed E-state index contributed by atoms with van der Waals surface area (Å²) in [5.74, 6) is 0.156. The largest absolute Gasteiger partial charge is 0.493 e. The van der Waals surface area contributed by atoms with E-state index >= 15 is 0 Å². The van der Waals surface area contributed by atoms with Gasteiger partial charge in [-0.05, 0) is 48.5 Å². The van der Waals surface area contributed by atoms with Gasteiger partial charge in [0.1, 0.15) is 10.8 Å². The first-order valence-electron chi connectivity index (χ1n) is 10.6. The number of aromatic nitrogens is 2. The maximum Gasteiger partial charge on any atom is 0.293 e. The Bertz CT molecular complexity index is 1230. The molecule has 10 heteroatoms. The van der Waals surface area contributed by atoms with Crippen LogP contribution in [0.4, 0.5) is 4.79 Å². The van der Waals surface area contributed by atoms with Gasteiger partial charge in [0, 0.05) is 30.9 Å². The highest BCUT2D eigenvalue weighted by molar-refractivity contribution is 8.18. The number of pyridine rings is 1. The van der Waals surface area contributed by atoms with Crippen molar-refractivity contribution in [2.75, 3.05) is 19.7 Å². The quantitative estimate of drug-likeness (QED) is 0.449. The number of carbonyl (C=O) groups is 3. The van der Waals surface area contributed by atoms with E-state index in [1.165, 1.54) is 11.3 Å². The van der Waals surface area contributed by atoms with Gasteiger partial charge in [-0.25, -0.2) is 4.98 Å². The van der Waals surface area contributed by atoms with Gasteiger partial charge in [0.05, 0.1) is 29.2 Å². The Morgan fingerprint density at radius 2 is 2.06 bits per heavy atom. The molecule has 0 spiro atoms. The van der Waals surface area contributed by atoms with Crippen LogP contribution in [0.1, 0.15) is 18.2 Å². The van der Waals surface area contributed by atoms with Crippen LogP contribution in [0.15, 0.2) is 59.1 Å². The first kappa shape index (κ1) is 23.7. The molecule has 3 amide bonds. The van der Waals surface area contributed by atoms with Gasteiger partial charge in [-0.2, -0.15) is 0 Å². The van der Waals surface area contributed by atoms with Gasteiger partial charge >= 0.3 is 0 Å². The van der Waals surface area contributed by atoms with Crippen LogP contribution >= 0.6 is 23.1 Å². The predicted octanol–water partition coefficient (Wildman–Crippen LogP) is 4.00. The number of amides is 3. The summed E-state index contributed by atoms with van der Waals surface area (Å²) in [6, 6.07) is 11.2. The molecule has 4 rings (SSSR count). The summed E-state index contributed by atoms with van der Waals surface area (Å²) in [5.41, 5.74) is 2.28. The van der Waals surface area contributed by atoms with Crippen LogP contribution < -0.4 is 10.1 Å². The normalized spacial score (nSPS) is 14.6. The van der Waals surface area contributed by atoms with Crippen LogP contribution in [0.2, 0.25) is 0 Å². The number of rotatable bonds is 9. The second-order valence-corrected chi connectivity index (χ2v) is 9.07. The van der Waals surface area contributed by atoms with E-state index in [4.69, 9.17) is 4.74 Å². The Kier molecular flexibility index (Phi) is 7.71. The highest BCUT2D eigenvalue weighted by Gasteiger charge is 2.34. The van der Waals surface area contributed by atoms with Crippen molar-refractivity contribution in [2.45, 2.75) is 13.3 Å². The number of thioether (sulfide) groups is 1. The van der Waals surface area contributed by atoms with Crippen LogP contribution in [-0.4, -0.2) is 51.6 Å². The van der Waals surface area contributed by atoms with Crippen molar-refractivity contribution in [3.63, 3.8) is 0 Å². The molecule has 3 aromatic rings. The Hall–Kier alpha value is -3.50. The van der Waals surface area contributed by atoms with Crippen molar-refractivity contribution in [1.82, 2.24) is 20.2 Å². The van der Waals surface area contributed by atoms with Gasteiger partial charge in [-0.3, -0.25) is 24.3 Å². The molecule has 1 saturated heterocycles. The molecule has 1 aliphatic heterocycles. The lowest BCUT2D eigenvalue weighted by molar-refractivity contribution is -0.124. The van der Waals surface area contributed by atoms with Gasteiger partial charge in [0.2, 0.25) is 5.91 Å². The van der Waals surface area contributed by atoms with E-state index in [0.29, 0.717) is 17.2 Å². The number of para-hydroxylation sites is 1. The lowest BCUT2D eigenvalue weighted by Crippen LogP contribution is -2.37. The summed E-state index contributed by atoms with van der Waals surface area (Å²) < 4.78 is 5.66. The zero-order valence-corrected chi connectivity index (χ0v) is 20.0. The van der Waals surface area contributed by atoms with E-state index < -0.39 is 0 Å². The summed E-state index contributed by atoms with van der Waals surface area (Å²) in [4.78, 5) is 47.2. The van der Waals surface area contributed by atoms with E-state index in [1.54, 1.807) is 30.6 Å². The number of carbonyl (C=O) groups excluding carboxylic acids is 3. The number of imide groups is 1. The Morgan fingerprint density at radius 1 is 1.21 bits per heavy atom. The molecule has 0 bridgehead atoms. The highest BCUT2D eigenvalue weighted by Crippen LogP contribution is 2.33. The fraction of sp³-hybridized carbons (Fsp3) is 0.208. The number of hydrogen-bond acceptors (Lipinski definition) is 8. The number of nitrogens with zero attached hydrogens (tertiary/aromatic N) is 3. The molecule has 1 N–H and O–H groups in total. The zero-order chi connectivity index (χ0) is 23.9. The van der Waals surface area contributed by atoms with Crippen LogP contribution in [0.25, 0.3) is 16.6 Å². The molecule has 8 nitrogen and oxygen atoms in total. The topological polar surface area (TPSA) is 101 Å². The number of nitrogens with one attached hydrogen (secondary N) is 1. The number of thiazole rings is 1. The average Bonchev–Trinajstić information content (AvgIpc) is 3.40. The fourth-order valence-electron chi connectivity index (χ4n) is 3.28. The fourth-order valence-corrected chi connectivity index (χ4v) is 4.99. The molecule has 0 aliphatic carbocycles. The molecule has 2 aromatic heterocycles. The molecular weight excluding hydrogens is 472 g/mol. The monoisotopic (exact) mass is 494 g/mol. The van der Waals surface area contributed by atoms with Gasteiger partial charge in [-0.15, -0.1) is 11.3 Å². The third-order valence-electron chi connectivity index (χ3n) is 4.82. The number of benzene rings is 1. The standard InChI is InChI=1S/C24H22N4O4S2/c1-2-32-19-8-4-3-7-18(19)22-27-17(15-33-22)13-21(29)26-10-11-28-23(30)20(34-24(28)31)12-16-6-5-9-25-14-16/h3-9,12,14-15H,2,10-11,13H2,1H3,(H,26,29)/b20-12-. The van der Waals surface area contributed by atoms with Gasteiger partial charge in [0.15, 0.2) is 0 Å². The summed E-state index contributed by atoms with van der Waals surface area (Å²) >= 11 is 2.33. The van der Waals surface area contributed by atoms with Gasteiger partial charge in [-0.1, -0.05) is 18.2 Å². The summed E-state index contributed by atoms with van der Waals surface area (Å²) in [6.45, 7) is 2.75. The van der Waals surface area contributed by atoms with Crippen molar-refractivity contribution in [3.8, 4) is 16.3 Å². The molecule has 3 heterocycles. The minimum absolute atomic E-state index is 0.102. The Labute approximate surface area is 205 Å². The third-order valence-corrected chi connectivity index (χ3v) is 6.66. The number of ether oxygens (including phenoxy) is 1. The van der Waals surface area contributed by atoms with E-state index in [0.717, 1.165) is 38.5 Å². The van der Waals surface area contributed by atoms with Crippen molar-refractivity contribution >= 4 is 46.2 Å². The zero-order valence-electron chi connectivity index (χ0n) is 18.4. The Morgan fingerprint density at radius 3 is 2.85 bits per heavy atom. The molecule has 0 atom stereocenters. The molecule has 1 aromatic carbocycles. The van der Waals surface area contributed by atoms with E-state index in [9.17, 15) is 14.4 Å². The average molecular weight is 495 g/mol. The van der Waals surface area contributed by atoms with Crippen molar-refractivity contribution in [1.29, 1.82) is 0 Å². The lowest BCUT2D eigenvalue weighted by atomic mass is 10.2. The highest BCUT2D eigenvalue weighted by atomic mass is 32.2. The molecule has 0 radical (unpaired) electrons. The summed E-state index contributed by atoms with van der Waals surface area (Å²) in [7, 11) is 0. The van der Waals surface area contributed by atoms with E-state index in [2.05, 4.69) is 15.3 Å². The summed E-state index contributed by atoms with van der Waals surface area (Å²) in [6.07, 6.45) is 5.00. The smallest absolute Gasteiger partial charge is 0.293 e. The maximum atomic E-state index is 12.6. The van der Waals surface area contributed by atoms with Crippen LogP contribution in [0.5, 0.6) is 5.75 Å². The molecule has 0 unspecified atom stereocenters. The van der Waals surface area contributed by atoms with Gasteiger partial charge < -0.3 is 10.1 Å². The molecule has 174 valence electrons. The minimum atomic E-state index is -0.370. The SMILES string of the molecule is CCOc1ccccc1-c1nc(CC(=O)NCCN2C(=O)S/C(=C\c3cccnc3)C2=O)cs1. The molecule has 34 heavy (non-hydrogen) atoms. The lowest BCUT2D eigenvalue weighted by Gasteiger charge is -2.12. The summed E-state index contributed by atoms with van der Waals surface area (Å²) in [5, 5.41) is 5.03. The first-order chi connectivity index (χ1) is 16.5. The second-order valence-electron chi connectivity index (χ2n) is 7.22. The van der Waals surface area contributed by atoms with Crippen LogP contribution in [-0.2, 0) is 16.0 Å². The molecule has 1 fully saturated rings. The number of hydrogen-bond donors (Lipinski definition) is 1. The van der Waals surface area contributed by atoms with Crippen LogP contribution in [0, 0.1) is 0 Å². The third kappa shape index (κ3) is 5.70. The minimum Gasteiger partial charge on any atom is -0.493 e.